The number of benzene rings is 2. The molecule has 3 rings (SSSR count). The van der Waals surface area contributed by atoms with Gasteiger partial charge in [0.15, 0.2) is 0 Å². The summed E-state index contributed by atoms with van der Waals surface area (Å²) in [7, 11) is -3.81. The van der Waals surface area contributed by atoms with E-state index in [9.17, 15) is 17.6 Å². The molecule has 1 heterocycles. The molecular weight excluding hydrogens is 390 g/mol. The fraction of sp³-hybridized carbons (Fsp3) is 0.0625. The van der Waals surface area contributed by atoms with Gasteiger partial charge in [0.25, 0.3) is 5.91 Å². The summed E-state index contributed by atoms with van der Waals surface area (Å²) in [4.78, 5) is 11.9. The fourth-order valence-electron chi connectivity index (χ4n) is 2.44. The number of nitrogens with zero attached hydrogens (tertiary/aromatic N) is 1. The highest BCUT2D eigenvalue weighted by Gasteiger charge is 2.19. The number of nitrogens with one attached hydrogen (secondary N) is 1. The van der Waals surface area contributed by atoms with Gasteiger partial charge in [0, 0.05) is 22.7 Å². The van der Waals surface area contributed by atoms with Crippen LogP contribution in [0.5, 0.6) is 0 Å². The Morgan fingerprint density at radius 1 is 1.16 bits per heavy atom. The lowest BCUT2D eigenvalue weighted by atomic mass is 10.1. The number of amides is 1. The number of halogens is 3. The van der Waals surface area contributed by atoms with Gasteiger partial charge in [0.1, 0.15) is 5.82 Å². The van der Waals surface area contributed by atoms with E-state index in [1.54, 1.807) is 39.8 Å². The lowest BCUT2D eigenvalue weighted by molar-refractivity contribution is 0.0978. The molecule has 0 saturated carbocycles. The number of hydrogen-bond acceptors (Lipinski definition) is 3. The SMILES string of the molecule is CS(=O)(=O)NC(=O)c1cc(Cl)c(-n2ccc3cc(Cl)ccc32)cc1F. The molecule has 0 bridgehead atoms. The second kappa shape index (κ2) is 6.33. The molecule has 0 aliphatic rings. The van der Waals surface area contributed by atoms with Gasteiger partial charge in [-0.1, -0.05) is 23.2 Å². The van der Waals surface area contributed by atoms with Crippen LogP contribution >= 0.6 is 23.2 Å². The maximum atomic E-state index is 14.4. The smallest absolute Gasteiger partial charge is 0.267 e. The average Bonchev–Trinajstić information content (AvgIpc) is 2.90. The van der Waals surface area contributed by atoms with Gasteiger partial charge in [0.05, 0.1) is 28.0 Å². The van der Waals surface area contributed by atoms with E-state index in [0.717, 1.165) is 29.3 Å². The first-order chi connectivity index (χ1) is 11.7. The molecule has 0 fully saturated rings. The van der Waals surface area contributed by atoms with Crippen LogP contribution in [0.15, 0.2) is 42.6 Å². The van der Waals surface area contributed by atoms with Crippen LogP contribution in [0.25, 0.3) is 16.6 Å². The number of carbonyl (C=O) groups excluding carboxylic acids is 1. The largest absolute Gasteiger partial charge is 0.315 e. The molecule has 0 unspecified atom stereocenters. The molecule has 3 aromatic rings. The van der Waals surface area contributed by atoms with Gasteiger partial charge in [-0.2, -0.15) is 0 Å². The minimum atomic E-state index is -3.81. The van der Waals surface area contributed by atoms with Crippen LogP contribution in [-0.4, -0.2) is 25.1 Å². The number of rotatable bonds is 3. The Morgan fingerprint density at radius 3 is 2.56 bits per heavy atom. The van der Waals surface area contributed by atoms with Crippen LogP contribution < -0.4 is 4.72 Å². The lowest BCUT2D eigenvalue weighted by Crippen LogP contribution is -2.30. The average molecular weight is 401 g/mol. The van der Waals surface area contributed by atoms with Crippen molar-refractivity contribution in [3.63, 3.8) is 0 Å². The molecule has 2 aromatic carbocycles. The fourth-order valence-corrected chi connectivity index (χ4v) is 3.32. The third-order valence-electron chi connectivity index (χ3n) is 3.47. The normalized spacial score (nSPS) is 11.7. The quantitative estimate of drug-likeness (QED) is 0.727. The van der Waals surface area contributed by atoms with Crippen LogP contribution in [0, 0.1) is 5.82 Å². The van der Waals surface area contributed by atoms with Gasteiger partial charge < -0.3 is 4.57 Å². The predicted molar refractivity (Wildman–Crippen MR) is 95.6 cm³/mol. The monoisotopic (exact) mass is 400 g/mol. The first-order valence-electron chi connectivity index (χ1n) is 6.94. The van der Waals surface area contributed by atoms with Crippen LogP contribution in [0.3, 0.4) is 0 Å². The molecule has 9 heteroatoms. The van der Waals surface area contributed by atoms with E-state index in [-0.39, 0.29) is 5.02 Å². The van der Waals surface area contributed by atoms with E-state index in [0.29, 0.717) is 10.7 Å². The highest BCUT2D eigenvalue weighted by Crippen LogP contribution is 2.29. The van der Waals surface area contributed by atoms with Gasteiger partial charge in [-0.05, 0) is 30.3 Å². The van der Waals surface area contributed by atoms with Crippen molar-refractivity contribution in [3.8, 4) is 5.69 Å². The maximum Gasteiger partial charge on any atom is 0.267 e. The second-order valence-corrected chi connectivity index (χ2v) is 7.97. The van der Waals surface area contributed by atoms with E-state index >= 15 is 0 Å². The topological polar surface area (TPSA) is 68.2 Å². The first-order valence-corrected chi connectivity index (χ1v) is 9.58. The third kappa shape index (κ3) is 3.63. The van der Waals surface area contributed by atoms with Gasteiger partial charge >= 0.3 is 0 Å². The molecule has 130 valence electrons. The Kier molecular flexibility index (Phi) is 4.49. The zero-order valence-corrected chi connectivity index (χ0v) is 15.1. The maximum absolute atomic E-state index is 14.4. The Balaban J connectivity index is 2.09. The lowest BCUT2D eigenvalue weighted by Gasteiger charge is -2.11. The van der Waals surface area contributed by atoms with Crippen LogP contribution in [-0.2, 0) is 10.0 Å². The molecule has 1 N–H and O–H groups in total. The van der Waals surface area contributed by atoms with Crippen LogP contribution in [0.1, 0.15) is 10.4 Å². The summed E-state index contributed by atoms with van der Waals surface area (Å²) in [6.45, 7) is 0. The summed E-state index contributed by atoms with van der Waals surface area (Å²) in [5.74, 6) is -1.98. The van der Waals surface area contributed by atoms with Crippen molar-refractivity contribution < 1.29 is 17.6 Å². The predicted octanol–water partition coefficient (Wildman–Crippen LogP) is 3.77. The van der Waals surface area contributed by atoms with Gasteiger partial charge in [-0.3, -0.25) is 4.79 Å². The molecule has 0 spiro atoms. The molecule has 0 saturated heterocycles. The van der Waals surface area contributed by atoms with Crippen molar-refractivity contribution >= 4 is 50.0 Å². The summed E-state index contributed by atoms with van der Waals surface area (Å²) in [6.07, 6.45) is 2.49. The zero-order valence-electron chi connectivity index (χ0n) is 12.8. The molecule has 25 heavy (non-hydrogen) atoms. The second-order valence-electron chi connectivity index (χ2n) is 5.38. The highest BCUT2D eigenvalue weighted by atomic mass is 35.5. The minimum Gasteiger partial charge on any atom is -0.315 e. The third-order valence-corrected chi connectivity index (χ3v) is 4.57. The van der Waals surface area contributed by atoms with E-state index in [1.165, 1.54) is 0 Å². The van der Waals surface area contributed by atoms with E-state index in [1.807, 2.05) is 0 Å². The Labute approximate surface area is 153 Å². The molecule has 0 atom stereocenters. The van der Waals surface area contributed by atoms with E-state index < -0.39 is 27.3 Å². The Bertz CT molecular complexity index is 1110. The number of aromatic nitrogens is 1. The summed E-state index contributed by atoms with van der Waals surface area (Å²) in [5.41, 5.74) is 0.602. The Hall–Kier alpha value is -2.09. The van der Waals surface area contributed by atoms with Crippen molar-refractivity contribution in [1.82, 2.24) is 9.29 Å². The molecule has 1 aromatic heterocycles. The summed E-state index contributed by atoms with van der Waals surface area (Å²) in [6, 6.07) is 9.17. The summed E-state index contributed by atoms with van der Waals surface area (Å²) in [5, 5.41) is 1.49. The van der Waals surface area contributed by atoms with E-state index in [2.05, 4.69) is 0 Å². The number of fused-ring (bicyclic) bond motifs is 1. The number of sulfonamides is 1. The molecule has 0 radical (unpaired) electrons. The molecular formula is C16H11Cl2FN2O3S. The van der Waals surface area contributed by atoms with Crippen molar-refractivity contribution in [1.29, 1.82) is 0 Å². The van der Waals surface area contributed by atoms with Gasteiger partial charge in [-0.15, -0.1) is 0 Å². The van der Waals surface area contributed by atoms with Crippen LogP contribution in [0.2, 0.25) is 10.0 Å². The molecule has 0 aliphatic heterocycles. The minimum absolute atomic E-state index is 0.0903. The van der Waals surface area contributed by atoms with E-state index in [4.69, 9.17) is 23.2 Å². The highest BCUT2D eigenvalue weighted by molar-refractivity contribution is 7.89. The van der Waals surface area contributed by atoms with Crippen molar-refractivity contribution in [2.24, 2.45) is 0 Å². The van der Waals surface area contributed by atoms with Crippen molar-refractivity contribution in [2.75, 3.05) is 6.26 Å². The summed E-state index contributed by atoms with van der Waals surface area (Å²) < 4.78 is 40.0. The van der Waals surface area contributed by atoms with Crippen LogP contribution in [0.4, 0.5) is 4.39 Å². The van der Waals surface area contributed by atoms with Gasteiger partial charge in [0.2, 0.25) is 10.0 Å². The van der Waals surface area contributed by atoms with Gasteiger partial charge in [-0.25, -0.2) is 17.5 Å². The standard InChI is InChI=1S/C16H11Cl2FN2O3S/c1-25(23,24)20-16(22)11-7-12(18)15(8-13(11)19)21-5-4-9-6-10(17)2-3-14(9)21/h2-8H,1H3,(H,20,22). The zero-order chi connectivity index (χ0) is 18.4. The Morgan fingerprint density at radius 2 is 1.88 bits per heavy atom. The summed E-state index contributed by atoms with van der Waals surface area (Å²) >= 11 is 12.1. The first kappa shape index (κ1) is 17.7. The molecule has 5 nitrogen and oxygen atoms in total. The molecule has 1 amide bonds. The molecule has 0 aliphatic carbocycles. The number of carbonyl (C=O) groups is 1. The number of hydrogen-bond donors (Lipinski definition) is 1. The van der Waals surface area contributed by atoms with Crippen molar-refractivity contribution in [3.05, 3.63) is 64.0 Å². The van der Waals surface area contributed by atoms with Crippen molar-refractivity contribution in [2.45, 2.75) is 0 Å².